The summed E-state index contributed by atoms with van der Waals surface area (Å²) in [7, 11) is 0. The molecule has 18 rings (SSSR count). The van der Waals surface area contributed by atoms with Crippen molar-refractivity contribution in [1.29, 1.82) is 0 Å². The highest BCUT2D eigenvalue weighted by atomic mass is 16.3. The van der Waals surface area contributed by atoms with Crippen molar-refractivity contribution in [3.05, 3.63) is 254 Å². The second-order valence-electron chi connectivity index (χ2n) is 23.5. The lowest BCUT2D eigenvalue weighted by molar-refractivity contribution is 0.591. The zero-order valence-electron chi connectivity index (χ0n) is 45.4. The highest BCUT2D eigenvalue weighted by molar-refractivity contribution is 7.00. The Morgan fingerprint density at radius 2 is 0.915 bits per heavy atom. The minimum atomic E-state index is -0.185. The van der Waals surface area contributed by atoms with Gasteiger partial charge in [0.1, 0.15) is 22.3 Å². The molecule has 2 aliphatic rings. The monoisotopic (exact) mass is 1050 g/mol. The topological polar surface area (TPSA) is 39.4 Å². The standard InChI is InChI=1S/C76H50BN3O2/c1-76(2,3)48-39-55(45-20-7-4-8-21-45)73(56(40-48)46-22-9-5-10-23-46)79-64-36-35-50(47-34-37-70-59(38-47)52-27-14-17-32-68(52)81-70)75-72(64)77(62-44-71-60(43-67(62)79)53-28-15-18-33-69(53)82-71)61-30-19-29-54-58-42-65-57(41-66(58)80(75)74(54)61)51-26-13-16-31-63(51)78(65)49-24-11-6-12-25-49/h4-44H,1-3H3. The molecule has 0 amide bonds. The van der Waals surface area contributed by atoms with Crippen LogP contribution in [0, 0.1) is 0 Å². The van der Waals surface area contributed by atoms with Gasteiger partial charge < -0.3 is 22.9 Å². The van der Waals surface area contributed by atoms with Crippen LogP contribution in [0.15, 0.2) is 258 Å². The van der Waals surface area contributed by atoms with Crippen LogP contribution >= 0.6 is 0 Å². The van der Waals surface area contributed by atoms with Gasteiger partial charge in [0.05, 0.1) is 27.9 Å². The lowest BCUT2D eigenvalue weighted by Gasteiger charge is -2.42. The predicted octanol–water partition coefficient (Wildman–Crippen LogP) is 18.6. The number of nitrogens with zero attached hydrogens (tertiary/aromatic N) is 3. The van der Waals surface area contributed by atoms with Gasteiger partial charge in [-0.05, 0) is 129 Å². The van der Waals surface area contributed by atoms with Gasteiger partial charge in [0.25, 0.3) is 6.71 Å². The second kappa shape index (κ2) is 16.6. The third-order valence-corrected chi connectivity index (χ3v) is 18.0. The third-order valence-electron chi connectivity index (χ3n) is 18.0. The summed E-state index contributed by atoms with van der Waals surface area (Å²) >= 11 is 0. The number of rotatable bonds is 5. The fraction of sp³-hybridized carbons (Fsp3) is 0.0526. The van der Waals surface area contributed by atoms with Crippen LogP contribution in [-0.2, 0) is 5.41 Å². The molecule has 5 nitrogen and oxygen atoms in total. The zero-order chi connectivity index (χ0) is 54.1. The average molecular weight is 1050 g/mol. The van der Waals surface area contributed by atoms with E-state index < -0.39 is 0 Å². The van der Waals surface area contributed by atoms with Crippen molar-refractivity contribution in [3.8, 4) is 44.8 Å². The summed E-state index contributed by atoms with van der Waals surface area (Å²) in [6, 6.07) is 92.2. The summed E-state index contributed by atoms with van der Waals surface area (Å²) in [5.74, 6) is 0. The number of furan rings is 2. The molecule has 6 heterocycles. The molecule has 0 bridgehead atoms. The quantitative estimate of drug-likeness (QED) is 0.161. The van der Waals surface area contributed by atoms with Gasteiger partial charge in [-0.3, -0.25) is 0 Å². The van der Waals surface area contributed by atoms with Crippen LogP contribution in [0.5, 0.6) is 0 Å². The van der Waals surface area contributed by atoms with Crippen LogP contribution in [0.2, 0.25) is 0 Å². The Balaban J connectivity index is 1.04. The van der Waals surface area contributed by atoms with Gasteiger partial charge in [-0.2, -0.15) is 0 Å². The molecule has 0 radical (unpaired) electrons. The molecule has 0 saturated carbocycles. The Kier molecular flexibility index (Phi) is 9.24. The largest absolute Gasteiger partial charge is 0.456 e. The van der Waals surface area contributed by atoms with Gasteiger partial charge in [0.2, 0.25) is 0 Å². The van der Waals surface area contributed by atoms with Crippen molar-refractivity contribution in [2.24, 2.45) is 0 Å². The second-order valence-corrected chi connectivity index (χ2v) is 23.5. The van der Waals surface area contributed by atoms with Gasteiger partial charge in [-0.15, -0.1) is 0 Å². The van der Waals surface area contributed by atoms with E-state index >= 15 is 0 Å². The van der Waals surface area contributed by atoms with E-state index in [2.05, 4.69) is 284 Å². The molecule has 0 fully saturated rings. The van der Waals surface area contributed by atoms with E-state index in [1.165, 1.54) is 82.4 Å². The van der Waals surface area contributed by atoms with Crippen molar-refractivity contribution in [3.63, 3.8) is 0 Å². The molecule has 0 atom stereocenters. The van der Waals surface area contributed by atoms with Gasteiger partial charge >= 0.3 is 0 Å². The Hall–Kier alpha value is -10.3. The lowest BCUT2D eigenvalue weighted by Crippen LogP contribution is -2.60. The third kappa shape index (κ3) is 6.29. The molecule has 384 valence electrons. The van der Waals surface area contributed by atoms with E-state index in [-0.39, 0.29) is 12.1 Å². The van der Waals surface area contributed by atoms with Gasteiger partial charge in [0, 0.05) is 82.4 Å². The van der Waals surface area contributed by atoms with Gasteiger partial charge in [0.15, 0.2) is 0 Å². The maximum absolute atomic E-state index is 6.96. The first-order valence-corrected chi connectivity index (χ1v) is 28.5. The van der Waals surface area contributed by atoms with Crippen LogP contribution < -0.4 is 21.3 Å². The van der Waals surface area contributed by atoms with Crippen LogP contribution in [0.1, 0.15) is 26.3 Å². The molecule has 0 N–H and O–H groups in total. The minimum Gasteiger partial charge on any atom is -0.456 e. The van der Waals surface area contributed by atoms with Crippen molar-refractivity contribution >= 4 is 128 Å². The van der Waals surface area contributed by atoms with Crippen molar-refractivity contribution in [2.75, 3.05) is 4.90 Å². The number of fused-ring (bicyclic) bond motifs is 16. The SMILES string of the molecule is CC(C)(C)c1cc(-c2ccccc2)c(N2c3cc4c(cc3B3c5c2ccc(-c2ccc6oc7ccccc7c6c2)c5-n2c5cc6c7ccccc7n(-c7ccccc7)c6cc5c5cccc3c52)oc2ccccc24)c(-c2ccccc2)c1. The minimum absolute atomic E-state index is 0.149. The van der Waals surface area contributed by atoms with E-state index in [1.54, 1.807) is 0 Å². The molecule has 0 unspecified atom stereocenters. The summed E-state index contributed by atoms with van der Waals surface area (Å²) in [5, 5.41) is 9.27. The van der Waals surface area contributed by atoms with E-state index in [9.17, 15) is 0 Å². The summed E-state index contributed by atoms with van der Waals surface area (Å²) in [5.41, 5.74) is 25.8. The van der Waals surface area contributed by atoms with Gasteiger partial charge in [-0.1, -0.05) is 185 Å². The lowest BCUT2D eigenvalue weighted by atomic mass is 9.33. The van der Waals surface area contributed by atoms with E-state index in [4.69, 9.17) is 8.83 Å². The van der Waals surface area contributed by atoms with E-state index in [0.29, 0.717) is 0 Å². The smallest absolute Gasteiger partial charge is 0.252 e. The van der Waals surface area contributed by atoms with E-state index in [1.807, 2.05) is 0 Å². The van der Waals surface area contributed by atoms with Crippen molar-refractivity contribution < 1.29 is 8.83 Å². The molecule has 82 heavy (non-hydrogen) atoms. The predicted molar refractivity (Wildman–Crippen MR) is 344 cm³/mol. The molecule has 16 aromatic rings. The number of benzene rings is 12. The highest BCUT2D eigenvalue weighted by Gasteiger charge is 2.45. The number of anilines is 3. The first-order valence-electron chi connectivity index (χ1n) is 28.5. The molecular weight excluding hydrogens is 998 g/mol. The molecule has 2 aliphatic heterocycles. The van der Waals surface area contributed by atoms with Crippen LogP contribution in [0.3, 0.4) is 0 Å². The van der Waals surface area contributed by atoms with Crippen LogP contribution in [0.25, 0.3) is 132 Å². The zero-order valence-corrected chi connectivity index (χ0v) is 45.4. The first kappa shape index (κ1) is 45.6. The molecular formula is C76H50BN3O2. The first-order chi connectivity index (χ1) is 40.3. The summed E-state index contributed by atoms with van der Waals surface area (Å²) in [6.45, 7) is 6.81. The Morgan fingerprint density at radius 1 is 0.341 bits per heavy atom. The molecule has 6 heteroatoms. The van der Waals surface area contributed by atoms with Crippen molar-refractivity contribution in [2.45, 2.75) is 26.2 Å². The van der Waals surface area contributed by atoms with Gasteiger partial charge in [-0.25, -0.2) is 0 Å². The fourth-order valence-electron chi connectivity index (χ4n) is 14.4. The molecule has 0 spiro atoms. The number of hydrogen-bond acceptors (Lipinski definition) is 3. The maximum atomic E-state index is 6.96. The summed E-state index contributed by atoms with van der Waals surface area (Å²) in [6.07, 6.45) is 0. The molecule has 0 saturated heterocycles. The number of hydrogen-bond donors (Lipinski definition) is 0. The maximum Gasteiger partial charge on any atom is 0.252 e. The Morgan fingerprint density at radius 3 is 1.61 bits per heavy atom. The molecule has 12 aromatic carbocycles. The molecule has 0 aliphatic carbocycles. The molecule has 4 aromatic heterocycles. The summed E-state index contributed by atoms with van der Waals surface area (Å²) < 4.78 is 18.6. The van der Waals surface area contributed by atoms with E-state index in [0.717, 1.165) is 88.9 Å². The average Bonchev–Trinajstić information content (AvgIpc) is 4.03. The van der Waals surface area contributed by atoms with Crippen LogP contribution in [0.4, 0.5) is 17.1 Å². The number of aromatic nitrogens is 2. The Bertz CT molecular complexity index is 5330. The fourth-order valence-corrected chi connectivity index (χ4v) is 14.4. The van der Waals surface area contributed by atoms with Crippen LogP contribution in [-0.4, -0.2) is 15.8 Å². The normalized spacial score (nSPS) is 13.0. The highest BCUT2D eigenvalue weighted by Crippen LogP contribution is 2.53. The van der Waals surface area contributed by atoms with Crippen molar-refractivity contribution in [1.82, 2.24) is 9.13 Å². The summed E-state index contributed by atoms with van der Waals surface area (Å²) in [4.78, 5) is 2.64. The number of para-hydroxylation sites is 5. The Labute approximate surface area is 473 Å².